The van der Waals surface area contributed by atoms with Gasteiger partial charge in [-0.25, -0.2) is 9.37 Å². The first-order chi connectivity index (χ1) is 26.1. The number of hydrogen-bond acceptors (Lipinski definition) is 3. The summed E-state index contributed by atoms with van der Waals surface area (Å²) in [4.78, 5) is 5.23. The van der Waals surface area contributed by atoms with Gasteiger partial charge in [0.25, 0.3) is 0 Å². The fourth-order valence-corrected chi connectivity index (χ4v) is 9.77. The fourth-order valence-electron chi connectivity index (χ4n) is 8.62. The highest BCUT2D eigenvalue weighted by Crippen LogP contribution is 2.49. The van der Waals surface area contributed by atoms with E-state index in [1.807, 2.05) is 17.4 Å². The zero-order chi connectivity index (χ0) is 34.9. The van der Waals surface area contributed by atoms with Crippen LogP contribution < -0.4 is 0 Å². The highest BCUT2D eigenvalue weighted by molar-refractivity contribution is 7.26. The molecule has 0 N–H and O–H groups in total. The van der Waals surface area contributed by atoms with E-state index < -0.39 is 0 Å². The second-order valence-electron chi connectivity index (χ2n) is 14.1. The van der Waals surface area contributed by atoms with Crippen molar-refractivity contribution in [2.75, 3.05) is 0 Å². The van der Waals surface area contributed by atoms with Gasteiger partial charge in [-0.05, 0) is 102 Å². The van der Waals surface area contributed by atoms with Gasteiger partial charge < -0.3 is 8.82 Å². The molecule has 0 aliphatic rings. The van der Waals surface area contributed by atoms with Crippen LogP contribution in [0.15, 0.2) is 150 Å². The molecule has 5 aromatic heterocycles. The van der Waals surface area contributed by atoms with Gasteiger partial charge in [0.2, 0.25) is 0 Å². The van der Waals surface area contributed by atoms with Crippen LogP contribution in [0.5, 0.6) is 0 Å². The monoisotopic (exact) mass is 698 g/mol. The number of para-hydroxylation sites is 1. The van der Waals surface area contributed by atoms with Gasteiger partial charge in [0, 0.05) is 52.8 Å². The molecule has 0 spiro atoms. The molecule has 0 radical (unpaired) electrons. The van der Waals surface area contributed by atoms with E-state index in [1.165, 1.54) is 54.2 Å². The van der Waals surface area contributed by atoms with E-state index in [2.05, 4.69) is 127 Å². The maximum Gasteiger partial charge on any atom is 0.145 e. The van der Waals surface area contributed by atoms with E-state index in [9.17, 15) is 4.39 Å². The zero-order valence-corrected chi connectivity index (χ0v) is 29.3. The molecule has 12 rings (SSSR count). The van der Waals surface area contributed by atoms with E-state index in [0.29, 0.717) is 0 Å². The van der Waals surface area contributed by atoms with Crippen molar-refractivity contribution in [1.29, 1.82) is 0 Å². The van der Waals surface area contributed by atoms with Crippen LogP contribution in [0.2, 0.25) is 0 Å². The predicted octanol–water partition coefficient (Wildman–Crippen LogP) is 13.9. The third-order valence-corrected chi connectivity index (χ3v) is 12.2. The summed E-state index contributed by atoms with van der Waals surface area (Å²) in [5.74, 6) is -0.265. The van der Waals surface area contributed by atoms with Crippen LogP contribution in [0, 0.1) is 12.7 Å². The van der Waals surface area contributed by atoms with Crippen molar-refractivity contribution in [3.05, 3.63) is 157 Å². The molecule has 0 fully saturated rings. The molecule has 0 saturated heterocycles. The average molecular weight is 699 g/mol. The zero-order valence-electron chi connectivity index (χ0n) is 28.4. The highest BCUT2D eigenvalue weighted by Gasteiger charge is 2.24. The predicted molar refractivity (Wildman–Crippen MR) is 220 cm³/mol. The summed E-state index contributed by atoms with van der Waals surface area (Å²) >= 11 is 1.85. The van der Waals surface area contributed by atoms with Crippen LogP contribution in [-0.2, 0) is 0 Å². The van der Waals surface area contributed by atoms with Crippen LogP contribution in [0.3, 0.4) is 0 Å². The number of furan rings is 1. The van der Waals surface area contributed by atoms with Gasteiger partial charge in [0.1, 0.15) is 17.0 Å². The third-order valence-electron chi connectivity index (χ3n) is 11.0. The van der Waals surface area contributed by atoms with Gasteiger partial charge >= 0.3 is 0 Å². The lowest BCUT2D eigenvalue weighted by atomic mass is 9.98. The lowest BCUT2D eigenvalue weighted by molar-refractivity contribution is 0.628. The molecule has 0 unspecified atom stereocenters. The number of thiophene rings is 1. The molecule has 3 nitrogen and oxygen atoms in total. The second-order valence-corrected chi connectivity index (χ2v) is 15.2. The Morgan fingerprint density at radius 1 is 0.528 bits per heavy atom. The number of aromatic nitrogens is 2. The Balaban J connectivity index is 1.23. The third kappa shape index (κ3) is 4.05. The van der Waals surface area contributed by atoms with Crippen molar-refractivity contribution in [3.8, 4) is 33.6 Å². The maximum absolute atomic E-state index is 14.0. The van der Waals surface area contributed by atoms with E-state index in [1.54, 1.807) is 12.1 Å². The Kier molecular flexibility index (Phi) is 5.76. The molecular formula is C48H27FN2OS. The van der Waals surface area contributed by atoms with Crippen molar-refractivity contribution in [1.82, 2.24) is 9.38 Å². The van der Waals surface area contributed by atoms with Crippen LogP contribution in [0.1, 0.15) is 5.56 Å². The second kappa shape index (κ2) is 10.5. The molecule has 0 amide bonds. The van der Waals surface area contributed by atoms with E-state index >= 15 is 0 Å². The molecule has 0 aliphatic carbocycles. The Morgan fingerprint density at radius 2 is 1.25 bits per heavy atom. The standard InChI is InChI=1S/C48H27FN2OS/c1-26-12-14-27(15-13-26)30-23-37(28-16-19-31(49)20-17-28)50-38(24-30)29-18-21-39-34(22-29)35-25-36-32-6-2-3-9-41(32)52-48(36)45-33-7-4-10-42-44(33)46-40(51(39)47(35)45)8-5-11-43(46)53-42/h2-25H,1H3. The molecular weight excluding hydrogens is 672 g/mol. The first kappa shape index (κ1) is 29.1. The minimum Gasteiger partial charge on any atom is -0.455 e. The molecule has 0 bridgehead atoms. The van der Waals surface area contributed by atoms with Gasteiger partial charge in [-0.1, -0.05) is 72.3 Å². The van der Waals surface area contributed by atoms with Crippen LogP contribution in [0.25, 0.3) is 114 Å². The molecule has 0 saturated carbocycles. The molecule has 53 heavy (non-hydrogen) atoms. The first-order valence-electron chi connectivity index (χ1n) is 17.8. The van der Waals surface area contributed by atoms with Gasteiger partial charge in [0.15, 0.2) is 0 Å². The lowest BCUT2D eigenvalue weighted by Gasteiger charge is -2.11. The van der Waals surface area contributed by atoms with Gasteiger partial charge in [0.05, 0.1) is 33.3 Å². The van der Waals surface area contributed by atoms with Crippen LogP contribution in [-0.4, -0.2) is 9.38 Å². The summed E-state index contributed by atoms with van der Waals surface area (Å²) in [6.07, 6.45) is 0. The molecule has 7 aromatic carbocycles. The summed E-state index contributed by atoms with van der Waals surface area (Å²) in [7, 11) is 0. The smallest absolute Gasteiger partial charge is 0.145 e. The number of pyridine rings is 1. The number of hydrogen-bond donors (Lipinski definition) is 0. The first-order valence-corrected chi connectivity index (χ1v) is 18.6. The van der Waals surface area contributed by atoms with Crippen molar-refractivity contribution >= 4 is 91.5 Å². The van der Waals surface area contributed by atoms with E-state index in [0.717, 1.165) is 77.4 Å². The van der Waals surface area contributed by atoms with Crippen LogP contribution >= 0.6 is 11.3 Å². The maximum atomic E-state index is 14.0. The van der Waals surface area contributed by atoms with Crippen molar-refractivity contribution < 1.29 is 8.81 Å². The van der Waals surface area contributed by atoms with Crippen LogP contribution in [0.4, 0.5) is 4.39 Å². The highest BCUT2D eigenvalue weighted by atomic mass is 32.1. The SMILES string of the molecule is Cc1ccc(-c2cc(-c3ccc(F)cc3)nc(-c3ccc4c(c3)c3cc5c6ccccc6oc5c5c6cccc7sc8cccc(c8c76)n4c35)c2)cc1. The summed E-state index contributed by atoms with van der Waals surface area (Å²) in [5, 5.41) is 9.45. The van der Waals surface area contributed by atoms with E-state index in [-0.39, 0.29) is 5.82 Å². The topological polar surface area (TPSA) is 30.4 Å². The quantitative estimate of drug-likeness (QED) is 0.184. The minimum absolute atomic E-state index is 0.265. The molecule has 5 heteroatoms. The summed E-state index contributed by atoms with van der Waals surface area (Å²) < 4.78 is 25.8. The average Bonchev–Trinajstić information content (AvgIpc) is 3.84. The number of benzene rings is 7. The van der Waals surface area contributed by atoms with Gasteiger partial charge in [-0.3, -0.25) is 0 Å². The van der Waals surface area contributed by atoms with E-state index in [4.69, 9.17) is 9.40 Å². The number of fused-ring (bicyclic) bond motifs is 9. The molecule has 0 aliphatic heterocycles. The Bertz CT molecular complexity index is 3400. The van der Waals surface area contributed by atoms with Gasteiger partial charge in [-0.2, -0.15) is 0 Å². The molecule has 248 valence electrons. The summed E-state index contributed by atoms with van der Waals surface area (Å²) in [6, 6.07) is 50.3. The van der Waals surface area contributed by atoms with Crippen molar-refractivity contribution in [2.45, 2.75) is 6.92 Å². The minimum atomic E-state index is -0.265. The number of halogens is 1. The Morgan fingerprint density at radius 3 is 2.09 bits per heavy atom. The lowest BCUT2D eigenvalue weighted by Crippen LogP contribution is -1.92. The Hall–Kier alpha value is -6.56. The normalized spacial score (nSPS) is 12.3. The van der Waals surface area contributed by atoms with Gasteiger partial charge in [-0.15, -0.1) is 11.3 Å². The number of aryl methyl sites for hydroxylation is 1. The number of nitrogens with zero attached hydrogens (tertiary/aromatic N) is 2. The largest absolute Gasteiger partial charge is 0.455 e. The molecule has 5 heterocycles. The molecule has 12 aromatic rings. The van der Waals surface area contributed by atoms with Crippen molar-refractivity contribution in [3.63, 3.8) is 0 Å². The fraction of sp³-hybridized carbons (Fsp3) is 0.0208. The summed E-state index contributed by atoms with van der Waals surface area (Å²) in [6.45, 7) is 2.10. The number of rotatable bonds is 3. The summed E-state index contributed by atoms with van der Waals surface area (Å²) in [5.41, 5.74) is 12.2. The Labute approximate surface area is 306 Å². The molecule has 0 atom stereocenters. The van der Waals surface area contributed by atoms with Crippen molar-refractivity contribution in [2.24, 2.45) is 0 Å².